The van der Waals surface area contributed by atoms with E-state index in [0.717, 1.165) is 50.0 Å². The second-order valence-corrected chi connectivity index (χ2v) is 7.68. The molecule has 1 aliphatic rings. The smallest absolute Gasteiger partial charge is 0.238 e. The lowest BCUT2D eigenvalue weighted by Crippen LogP contribution is -2.40. The first-order chi connectivity index (χ1) is 13.6. The SMILES string of the molecule is CCc1cccc(CC)c1NC(=O)CN1CCC(C(O)c2ccccc2)CC1. The molecule has 1 atom stereocenters. The van der Waals surface area contributed by atoms with Gasteiger partial charge in [-0.25, -0.2) is 0 Å². The molecule has 2 aromatic rings. The molecule has 1 unspecified atom stereocenters. The van der Waals surface area contributed by atoms with Gasteiger partial charge < -0.3 is 10.4 Å². The molecule has 2 aromatic carbocycles. The fourth-order valence-electron chi connectivity index (χ4n) is 4.13. The van der Waals surface area contributed by atoms with E-state index in [1.165, 1.54) is 11.1 Å². The number of likely N-dealkylation sites (tertiary alicyclic amines) is 1. The van der Waals surface area contributed by atoms with Crippen LogP contribution in [0.3, 0.4) is 0 Å². The molecule has 2 N–H and O–H groups in total. The van der Waals surface area contributed by atoms with Gasteiger partial charge in [-0.2, -0.15) is 0 Å². The summed E-state index contributed by atoms with van der Waals surface area (Å²) in [5, 5.41) is 13.8. The molecule has 1 amide bonds. The second-order valence-electron chi connectivity index (χ2n) is 7.68. The van der Waals surface area contributed by atoms with Crippen LogP contribution in [0.2, 0.25) is 0 Å². The number of nitrogens with one attached hydrogen (secondary N) is 1. The van der Waals surface area contributed by atoms with Gasteiger partial charge in [0.1, 0.15) is 0 Å². The van der Waals surface area contributed by atoms with Crippen molar-refractivity contribution >= 4 is 11.6 Å². The Morgan fingerprint density at radius 2 is 1.64 bits per heavy atom. The van der Waals surface area contributed by atoms with Crippen molar-refractivity contribution in [2.24, 2.45) is 5.92 Å². The number of anilines is 1. The van der Waals surface area contributed by atoms with Crippen LogP contribution < -0.4 is 5.32 Å². The summed E-state index contributed by atoms with van der Waals surface area (Å²) >= 11 is 0. The van der Waals surface area contributed by atoms with Crippen LogP contribution in [0.15, 0.2) is 48.5 Å². The van der Waals surface area contributed by atoms with E-state index in [0.29, 0.717) is 6.54 Å². The fraction of sp³-hybridized carbons (Fsp3) is 0.458. The fourth-order valence-corrected chi connectivity index (χ4v) is 4.13. The minimum absolute atomic E-state index is 0.0534. The van der Waals surface area contributed by atoms with Crippen LogP contribution >= 0.6 is 0 Å². The number of hydrogen-bond acceptors (Lipinski definition) is 3. The van der Waals surface area contributed by atoms with E-state index in [1.54, 1.807) is 0 Å². The Hall–Kier alpha value is -2.17. The van der Waals surface area contributed by atoms with Crippen LogP contribution in [0.25, 0.3) is 0 Å². The third kappa shape index (κ3) is 5.00. The third-order valence-electron chi connectivity index (χ3n) is 5.85. The first-order valence-electron chi connectivity index (χ1n) is 10.5. The molecular formula is C24H32N2O2. The van der Waals surface area contributed by atoms with Gasteiger partial charge in [-0.05, 0) is 61.4 Å². The molecule has 0 saturated carbocycles. The molecular weight excluding hydrogens is 348 g/mol. The minimum atomic E-state index is -0.416. The van der Waals surface area contributed by atoms with Gasteiger partial charge in [0.15, 0.2) is 0 Å². The zero-order valence-corrected chi connectivity index (χ0v) is 17.0. The van der Waals surface area contributed by atoms with Gasteiger partial charge in [-0.1, -0.05) is 62.4 Å². The van der Waals surface area contributed by atoms with Gasteiger partial charge in [0.2, 0.25) is 5.91 Å². The van der Waals surface area contributed by atoms with E-state index in [2.05, 4.69) is 42.3 Å². The highest BCUT2D eigenvalue weighted by Crippen LogP contribution is 2.30. The lowest BCUT2D eigenvalue weighted by Gasteiger charge is -2.34. The predicted molar refractivity (Wildman–Crippen MR) is 114 cm³/mol. The van der Waals surface area contributed by atoms with Crippen molar-refractivity contribution in [3.05, 3.63) is 65.2 Å². The molecule has 1 fully saturated rings. The van der Waals surface area contributed by atoms with Crippen LogP contribution in [-0.4, -0.2) is 35.5 Å². The lowest BCUT2D eigenvalue weighted by molar-refractivity contribution is -0.117. The van der Waals surface area contributed by atoms with Gasteiger partial charge in [-0.15, -0.1) is 0 Å². The van der Waals surface area contributed by atoms with Crippen molar-refractivity contribution in [3.8, 4) is 0 Å². The van der Waals surface area contributed by atoms with Crippen LogP contribution in [0.4, 0.5) is 5.69 Å². The maximum atomic E-state index is 12.7. The number of benzene rings is 2. The van der Waals surface area contributed by atoms with Crippen molar-refractivity contribution < 1.29 is 9.90 Å². The number of hydrogen-bond donors (Lipinski definition) is 2. The second kappa shape index (κ2) is 9.85. The van der Waals surface area contributed by atoms with Gasteiger partial charge in [0.25, 0.3) is 0 Å². The van der Waals surface area contributed by atoms with E-state index < -0.39 is 6.10 Å². The van der Waals surface area contributed by atoms with Crippen LogP contribution in [0, 0.1) is 5.92 Å². The number of carbonyl (C=O) groups excluding carboxylic acids is 1. The van der Waals surface area contributed by atoms with Crippen LogP contribution in [-0.2, 0) is 17.6 Å². The largest absolute Gasteiger partial charge is 0.388 e. The Labute approximate surface area is 168 Å². The molecule has 0 bridgehead atoms. The summed E-state index contributed by atoms with van der Waals surface area (Å²) in [5.74, 6) is 0.312. The summed E-state index contributed by atoms with van der Waals surface area (Å²) in [6, 6.07) is 16.1. The van der Waals surface area contributed by atoms with Crippen LogP contribution in [0.1, 0.15) is 49.5 Å². The zero-order valence-electron chi connectivity index (χ0n) is 17.0. The summed E-state index contributed by atoms with van der Waals surface area (Å²) in [7, 11) is 0. The zero-order chi connectivity index (χ0) is 19.9. The molecule has 0 spiro atoms. The summed E-state index contributed by atoms with van der Waals surface area (Å²) in [4.78, 5) is 14.8. The lowest BCUT2D eigenvalue weighted by atomic mass is 9.87. The van der Waals surface area contributed by atoms with Crippen molar-refractivity contribution in [1.29, 1.82) is 0 Å². The molecule has 1 heterocycles. The van der Waals surface area contributed by atoms with Crippen molar-refractivity contribution in [2.45, 2.75) is 45.6 Å². The molecule has 0 aliphatic carbocycles. The number of aliphatic hydroxyl groups is 1. The minimum Gasteiger partial charge on any atom is -0.388 e. The van der Waals surface area contributed by atoms with Gasteiger partial charge >= 0.3 is 0 Å². The van der Waals surface area contributed by atoms with E-state index in [-0.39, 0.29) is 11.8 Å². The summed E-state index contributed by atoms with van der Waals surface area (Å²) in [5.41, 5.74) is 4.36. The molecule has 1 saturated heterocycles. The predicted octanol–water partition coefficient (Wildman–Crippen LogP) is 4.20. The summed E-state index contributed by atoms with van der Waals surface area (Å²) < 4.78 is 0. The number of nitrogens with zero attached hydrogens (tertiary/aromatic N) is 1. The first kappa shape index (κ1) is 20.6. The number of amides is 1. The quantitative estimate of drug-likeness (QED) is 0.757. The first-order valence-corrected chi connectivity index (χ1v) is 10.5. The monoisotopic (exact) mass is 380 g/mol. The van der Waals surface area contributed by atoms with E-state index in [9.17, 15) is 9.90 Å². The Kier molecular flexibility index (Phi) is 7.24. The highest BCUT2D eigenvalue weighted by atomic mass is 16.3. The molecule has 3 rings (SSSR count). The Morgan fingerprint density at radius 1 is 1.04 bits per heavy atom. The van der Waals surface area contributed by atoms with Gasteiger partial charge in [-0.3, -0.25) is 9.69 Å². The number of para-hydroxylation sites is 1. The molecule has 4 heteroatoms. The van der Waals surface area contributed by atoms with Gasteiger partial charge in [0, 0.05) is 5.69 Å². The van der Waals surface area contributed by atoms with Crippen molar-refractivity contribution in [2.75, 3.05) is 25.0 Å². The number of carbonyl (C=O) groups is 1. The van der Waals surface area contributed by atoms with Gasteiger partial charge in [0.05, 0.1) is 12.6 Å². The normalized spacial score (nSPS) is 16.7. The molecule has 4 nitrogen and oxygen atoms in total. The Balaban J connectivity index is 1.53. The van der Waals surface area contributed by atoms with E-state index >= 15 is 0 Å². The molecule has 150 valence electrons. The molecule has 28 heavy (non-hydrogen) atoms. The van der Waals surface area contributed by atoms with E-state index in [1.807, 2.05) is 30.3 Å². The molecule has 1 aliphatic heterocycles. The third-order valence-corrected chi connectivity index (χ3v) is 5.85. The number of rotatable bonds is 7. The number of piperidine rings is 1. The van der Waals surface area contributed by atoms with Crippen LogP contribution in [0.5, 0.6) is 0 Å². The standard InChI is InChI=1S/C24H32N2O2/c1-3-18-11-8-12-19(4-2)23(18)25-22(27)17-26-15-13-21(14-16-26)24(28)20-9-6-5-7-10-20/h5-12,21,24,28H,3-4,13-17H2,1-2H3,(H,25,27). The maximum absolute atomic E-state index is 12.7. The van der Waals surface area contributed by atoms with Crippen molar-refractivity contribution in [1.82, 2.24) is 4.90 Å². The highest BCUT2D eigenvalue weighted by molar-refractivity contribution is 5.93. The average Bonchev–Trinajstić information content (AvgIpc) is 2.74. The maximum Gasteiger partial charge on any atom is 0.238 e. The summed E-state index contributed by atoms with van der Waals surface area (Å²) in [6.07, 6.45) is 3.23. The average molecular weight is 381 g/mol. The highest BCUT2D eigenvalue weighted by Gasteiger charge is 2.27. The Bertz CT molecular complexity index is 745. The number of aliphatic hydroxyl groups excluding tert-OH is 1. The topological polar surface area (TPSA) is 52.6 Å². The van der Waals surface area contributed by atoms with Crippen molar-refractivity contribution in [3.63, 3.8) is 0 Å². The molecule has 0 radical (unpaired) electrons. The van der Waals surface area contributed by atoms with E-state index in [4.69, 9.17) is 0 Å². The molecule has 0 aromatic heterocycles. The summed E-state index contributed by atoms with van der Waals surface area (Å²) in [6.45, 7) is 6.34. The number of aryl methyl sites for hydroxylation is 2. The Morgan fingerprint density at radius 3 is 2.21 bits per heavy atom.